The molecule has 1 amide bonds. The van der Waals surface area contributed by atoms with Gasteiger partial charge in [-0.05, 0) is 23.3 Å². The molecule has 0 aliphatic carbocycles. The van der Waals surface area contributed by atoms with Crippen molar-refractivity contribution < 1.29 is 19.4 Å². The molecule has 4 rings (SSSR count). The molecule has 1 saturated heterocycles. The smallest absolute Gasteiger partial charge is 0.276 e. The zero-order chi connectivity index (χ0) is 24.1. The van der Waals surface area contributed by atoms with Gasteiger partial charge in [0.05, 0.1) is 18.8 Å². The molecule has 8 nitrogen and oxygen atoms in total. The zero-order valence-electron chi connectivity index (χ0n) is 17.7. The summed E-state index contributed by atoms with van der Waals surface area (Å²) in [7, 11) is 0. The summed E-state index contributed by atoms with van der Waals surface area (Å²) < 4.78 is 10.5. The Balaban J connectivity index is 1.50. The van der Waals surface area contributed by atoms with Gasteiger partial charge in [0.1, 0.15) is 6.33 Å². The Kier molecular flexibility index (Phi) is 8.36. The average Bonchev–Trinajstić information content (AvgIpc) is 3.36. The van der Waals surface area contributed by atoms with Crippen LogP contribution in [0, 0.1) is 0 Å². The quantitative estimate of drug-likeness (QED) is 0.286. The van der Waals surface area contributed by atoms with Crippen molar-refractivity contribution in [2.75, 3.05) is 11.1 Å². The van der Waals surface area contributed by atoms with Crippen LogP contribution in [0.2, 0.25) is 0 Å². The Hall–Kier alpha value is -1.85. The fourth-order valence-electron chi connectivity index (χ4n) is 3.38. The van der Waals surface area contributed by atoms with E-state index in [9.17, 15) is 9.90 Å². The number of aliphatic hydroxyl groups is 1. The van der Waals surface area contributed by atoms with Crippen LogP contribution < -0.4 is 5.32 Å². The molecule has 180 valence electrons. The second-order valence-electron chi connectivity index (χ2n) is 7.53. The monoisotopic (exact) mass is 542 g/mol. The summed E-state index contributed by atoms with van der Waals surface area (Å²) in [6.45, 7) is -0.0187. The van der Waals surface area contributed by atoms with Gasteiger partial charge < -0.3 is 19.9 Å². The number of amides is 1. The molecule has 0 saturated carbocycles. The first-order valence-electron chi connectivity index (χ1n) is 10.3. The van der Waals surface area contributed by atoms with Crippen molar-refractivity contribution in [2.24, 2.45) is 0 Å². The lowest BCUT2D eigenvalue weighted by Gasteiger charge is -2.36. The van der Waals surface area contributed by atoms with Crippen molar-refractivity contribution in [3.63, 3.8) is 0 Å². The lowest BCUT2D eigenvalue weighted by Crippen LogP contribution is -2.31. The largest absolute Gasteiger partial charge is 0.392 e. The molecule has 1 aromatic heterocycles. The van der Waals surface area contributed by atoms with E-state index in [4.69, 9.17) is 44.3 Å². The molecule has 34 heavy (non-hydrogen) atoms. The molecule has 12 heteroatoms. The molecule has 0 radical (unpaired) electrons. The molecule has 0 spiro atoms. The molecule has 2 aromatic carbocycles. The molecule has 3 atom stereocenters. The van der Waals surface area contributed by atoms with Crippen molar-refractivity contribution in [3.05, 3.63) is 71.5 Å². The fraction of sp³-hybridized carbons (Fsp3) is 0.318. The van der Waals surface area contributed by atoms with Crippen molar-refractivity contribution >= 4 is 58.2 Å². The number of nitrogens with one attached hydrogen (secondary N) is 2. The van der Waals surface area contributed by atoms with Gasteiger partial charge in [-0.1, -0.05) is 83.0 Å². The van der Waals surface area contributed by atoms with Gasteiger partial charge in [0.25, 0.3) is 9.70 Å². The first-order chi connectivity index (χ1) is 16.3. The average molecular weight is 544 g/mol. The first kappa shape index (κ1) is 25.2. The number of anilines is 1. The van der Waals surface area contributed by atoms with Crippen LogP contribution in [0.3, 0.4) is 0 Å². The number of benzene rings is 2. The molecule has 0 bridgehead atoms. The number of ether oxygens (including phenoxy) is 2. The summed E-state index contributed by atoms with van der Waals surface area (Å²) in [6.07, 6.45) is 1.14. The van der Waals surface area contributed by atoms with Crippen LogP contribution in [0.4, 0.5) is 5.69 Å². The third-order valence-corrected chi connectivity index (χ3v) is 6.64. The highest BCUT2D eigenvalue weighted by atomic mass is 35.6. The molecule has 2 heterocycles. The van der Waals surface area contributed by atoms with Gasteiger partial charge >= 0.3 is 0 Å². The van der Waals surface area contributed by atoms with Gasteiger partial charge in [0.2, 0.25) is 0 Å². The van der Waals surface area contributed by atoms with E-state index in [0.717, 1.165) is 16.7 Å². The molecular formula is C22H21Cl3N4O4S. The maximum absolute atomic E-state index is 11.9. The van der Waals surface area contributed by atoms with Crippen LogP contribution in [0.15, 0.2) is 60.0 Å². The van der Waals surface area contributed by atoms with E-state index in [1.165, 1.54) is 18.1 Å². The number of hydrogen-bond donors (Lipinski definition) is 3. The predicted octanol–water partition coefficient (Wildman–Crippen LogP) is 4.94. The number of halogens is 3. The number of thioether (sulfide) groups is 1. The summed E-state index contributed by atoms with van der Waals surface area (Å²) in [5, 5.41) is 19.3. The normalized spacial score (nSPS) is 20.8. The van der Waals surface area contributed by atoms with Crippen LogP contribution >= 0.6 is 46.6 Å². The Morgan fingerprint density at radius 2 is 1.82 bits per heavy atom. The first-order valence-corrected chi connectivity index (χ1v) is 12.4. The lowest BCUT2D eigenvalue weighted by molar-refractivity contribution is -0.245. The number of aromatic amines is 1. The van der Waals surface area contributed by atoms with Gasteiger partial charge in [-0.25, -0.2) is 4.98 Å². The van der Waals surface area contributed by atoms with Gasteiger partial charge in [0.15, 0.2) is 11.4 Å². The van der Waals surface area contributed by atoms with Crippen molar-refractivity contribution in [1.82, 2.24) is 15.2 Å². The number of alkyl halides is 3. The Bertz CT molecular complexity index is 1080. The van der Waals surface area contributed by atoms with Gasteiger partial charge in [-0.2, -0.15) is 5.10 Å². The standard InChI is InChI=1S/C22H21Cl3N4O4S/c23-22(24,25)20(31)28-16-7-5-15(6-8-16)19-32-17(11-34-21-26-12-27-29-21)9-18(33-19)14-3-1-13(10-30)2-4-14/h1-8,12,17-19,30H,9-11H2,(H,28,31)(H,26,27,29)/t17-,18+,19+/m0/s1. The minimum Gasteiger partial charge on any atom is -0.392 e. The van der Waals surface area contributed by atoms with Gasteiger partial charge in [-0.15, -0.1) is 0 Å². The lowest BCUT2D eigenvalue weighted by atomic mass is 10.0. The van der Waals surface area contributed by atoms with Gasteiger partial charge in [-0.3, -0.25) is 9.89 Å². The summed E-state index contributed by atoms with van der Waals surface area (Å²) in [4.78, 5) is 16.0. The maximum atomic E-state index is 11.9. The summed E-state index contributed by atoms with van der Waals surface area (Å²) >= 11 is 18.4. The summed E-state index contributed by atoms with van der Waals surface area (Å²) in [5.74, 6) is -0.0937. The van der Waals surface area contributed by atoms with Crippen LogP contribution in [-0.4, -0.2) is 41.8 Å². The number of hydrogen-bond acceptors (Lipinski definition) is 7. The highest BCUT2D eigenvalue weighted by molar-refractivity contribution is 7.99. The topological polar surface area (TPSA) is 109 Å². The summed E-state index contributed by atoms with van der Waals surface area (Å²) in [5.41, 5.74) is 3.08. The Morgan fingerprint density at radius 1 is 1.12 bits per heavy atom. The molecule has 1 aliphatic rings. The number of carbonyl (C=O) groups excluding carboxylic acids is 1. The second kappa shape index (κ2) is 11.3. The number of carbonyl (C=O) groups is 1. The van der Waals surface area contributed by atoms with E-state index in [1.807, 2.05) is 24.3 Å². The minimum absolute atomic E-state index is 0.0187. The van der Waals surface area contributed by atoms with E-state index in [1.54, 1.807) is 24.3 Å². The van der Waals surface area contributed by atoms with E-state index in [0.29, 0.717) is 23.0 Å². The highest BCUT2D eigenvalue weighted by Crippen LogP contribution is 2.39. The molecule has 3 aromatic rings. The maximum Gasteiger partial charge on any atom is 0.276 e. The van der Waals surface area contributed by atoms with Crippen molar-refractivity contribution in [1.29, 1.82) is 0 Å². The molecule has 1 aliphatic heterocycles. The van der Waals surface area contributed by atoms with Crippen molar-refractivity contribution in [2.45, 2.75) is 40.5 Å². The Morgan fingerprint density at radius 3 is 2.44 bits per heavy atom. The number of aliphatic hydroxyl groups excluding tert-OH is 1. The van der Waals surface area contributed by atoms with E-state index < -0.39 is 16.0 Å². The number of H-pyrrole nitrogens is 1. The molecule has 1 fully saturated rings. The molecular weight excluding hydrogens is 523 g/mol. The molecule has 3 N–H and O–H groups in total. The third kappa shape index (κ3) is 6.63. The van der Waals surface area contributed by atoms with Crippen LogP contribution in [0.5, 0.6) is 0 Å². The highest BCUT2D eigenvalue weighted by Gasteiger charge is 2.33. The number of nitrogens with zero attached hydrogens (tertiary/aromatic N) is 2. The van der Waals surface area contributed by atoms with Crippen molar-refractivity contribution in [3.8, 4) is 0 Å². The van der Waals surface area contributed by atoms with Crippen LogP contribution in [0.1, 0.15) is 35.5 Å². The number of aromatic nitrogens is 3. The van der Waals surface area contributed by atoms with Crippen LogP contribution in [0.25, 0.3) is 0 Å². The number of rotatable bonds is 7. The van der Waals surface area contributed by atoms with E-state index >= 15 is 0 Å². The third-order valence-electron chi connectivity index (χ3n) is 5.11. The zero-order valence-corrected chi connectivity index (χ0v) is 20.7. The van der Waals surface area contributed by atoms with E-state index in [-0.39, 0.29) is 18.8 Å². The fourth-order valence-corrected chi connectivity index (χ4v) is 4.32. The van der Waals surface area contributed by atoms with Gasteiger partial charge in [0, 0.05) is 23.4 Å². The van der Waals surface area contributed by atoms with Crippen LogP contribution in [-0.2, 0) is 20.9 Å². The minimum atomic E-state index is -2.05. The SMILES string of the molecule is O=C(Nc1ccc([C@@H]2O[C@H](CSc3ncn[nH]3)C[C@H](c3ccc(CO)cc3)O2)cc1)C(Cl)(Cl)Cl. The molecule has 0 unspecified atom stereocenters. The van der Waals surface area contributed by atoms with E-state index in [2.05, 4.69) is 20.5 Å². The predicted molar refractivity (Wildman–Crippen MR) is 131 cm³/mol. The summed E-state index contributed by atoms with van der Waals surface area (Å²) in [6, 6.07) is 14.6. The second-order valence-corrected chi connectivity index (χ2v) is 10.8. The Labute approximate surface area is 215 Å².